The van der Waals surface area contributed by atoms with Gasteiger partial charge < -0.3 is 4.90 Å². The normalized spacial score (nSPS) is 16.0. The summed E-state index contributed by atoms with van der Waals surface area (Å²) < 4.78 is 41.7. The van der Waals surface area contributed by atoms with Crippen molar-refractivity contribution in [1.29, 1.82) is 0 Å². The molecular formula is C22H21FN2O3S. The van der Waals surface area contributed by atoms with Crippen molar-refractivity contribution in [2.45, 2.75) is 11.3 Å². The van der Waals surface area contributed by atoms with Crippen molar-refractivity contribution < 1.29 is 17.6 Å². The minimum Gasteiger partial charge on any atom is -0.337 e. The molecule has 1 amide bonds. The topological polar surface area (TPSA) is 57.7 Å². The quantitative estimate of drug-likeness (QED) is 0.662. The molecule has 0 bridgehead atoms. The number of hydrogen-bond donors (Lipinski definition) is 0. The lowest BCUT2D eigenvalue weighted by Gasteiger charge is -2.22. The average molecular weight is 412 g/mol. The molecule has 0 aliphatic carbocycles. The van der Waals surface area contributed by atoms with Crippen molar-refractivity contribution >= 4 is 26.7 Å². The van der Waals surface area contributed by atoms with Crippen LogP contribution in [-0.4, -0.2) is 49.7 Å². The van der Waals surface area contributed by atoms with Gasteiger partial charge in [-0.2, -0.15) is 4.31 Å². The highest BCUT2D eigenvalue weighted by Gasteiger charge is 2.29. The Bertz CT molecular complexity index is 1160. The Labute approximate surface area is 169 Å². The highest BCUT2D eigenvalue weighted by Crippen LogP contribution is 2.23. The van der Waals surface area contributed by atoms with E-state index in [1.54, 1.807) is 24.3 Å². The molecular weight excluding hydrogens is 391 g/mol. The van der Waals surface area contributed by atoms with Crippen LogP contribution in [0.4, 0.5) is 4.39 Å². The summed E-state index contributed by atoms with van der Waals surface area (Å²) >= 11 is 0. The Balaban J connectivity index is 1.54. The van der Waals surface area contributed by atoms with E-state index >= 15 is 0 Å². The first-order valence-electron chi connectivity index (χ1n) is 9.49. The minimum absolute atomic E-state index is 0.0123. The number of carbonyl (C=O) groups excluding carboxylic acids is 1. The monoisotopic (exact) mass is 412 g/mol. The molecule has 1 aliphatic heterocycles. The number of hydrogen-bond acceptors (Lipinski definition) is 3. The second-order valence-electron chi connectivity index (χ2n) is 7.04. The number of nitrogens with zero attached hydrogens (tertiary/aromatic N) is 2. The van der Waals surface area contributed by atoms with Crippen LogP contribution in [0.1, 0.15) is 16.8 Å². The molecule has 5 nitrogen and oxygen atoms in total. The van der Waals surface area contributed by atoms with Crippen LogP contribution in [0.5, 0.6) is 0 Å². The van der Waals surface area contributed by atoms with E-state index in [1.807, 2.05) is 24.3 Å². The molecule has 3 aromatic carbocycles. The highest BCUT2D eigenvalue weighted by atomic mass is 32.2. The van der Waals surface area contributed by atoms with Crippen LogP contribution in [0.3, 0.4) is 0 Å². The predicted molar refractivity (Wildman–Crippen MR) is 110 cm³/mol. The molecule has 0 N–H and O–H groups in total. The summed E-state index contributed by atoms with van der Waals surface area (Å²) in [5, 5.41) is 1.84. The number of halogens is 1. The smallest absolute Gasteiger partial charge is 0.256 e. The Morgan fingerprint density at radius 1 is 0.828 bits per heavy atom. The van der Waals surface area contributed by atoms with Gasteiger partial charge in [0.05, 0.1) is 10.5 Å². The van der Waals surface area contributed by atoms with Crippen LogP contribution in [0.25, 0.3) is 10.8 Å². The second kappa shape index (κ2) is 7.93. The van der Waals surface area contributed by atoms with Crippen LogP contribution in [0.15, 0.2) is 71.6 Å². The third-order valence-corrected chi connectivity index (χ3v) is 7.10. The van der Waals surface area contributed by atoms with Gasteiger partial charge in [0.1, 0.15) is 5.82 Å². The average Bonchev–Trinajstić information content (AvgIpc) is 3.00. The lowest BCUT2D eigenvalue weighted by molar-refractivity contribution is 0.0759. The molecule has 0 atom stereocenters. The van der Waals surface area contributed by atoms with Crippen molar-refractivity contribution in [3.63, 3.8) is 0 Å². The van der Waals surface area contributed by atoms with E-state index in [4.69, 9.17) is 0 Å². The van der Waals surface area contributed by atoms with E-state index in [0.29, 0.717) is 19.5 Å². The highest BCUT2D eigenvalue weighted by molar-refractivity contribution is 7.89. The number of fused-ring (bicyclic) bond motifs is 1. The fourth-order valence-electron chi connectivity index (χ4n) is 3.62. The molecule has 7 heteroatoms. The van der Waals surface area contributed by atoms with Gasteiger partial charge in [-0.15, -0.1) is 0 Å². The molecule has 1 heterocycles. The van der Waals surface area contributed by atoms with Crippen molar-refractivity contribution in [2.75, 3.05) is 26.2 Å². The third-order valence-electron chi connectivity index (χ3n) is 5.21. The van der Waals surface area contributed by atoms with Gasteiger partial charge in [0.25, 0.3) is 5.91 Å². The summed E-state index contributed by atoms with van der Waals surface area (Å²) in [6.07, 6.45) is 0.493. The zero-order valence-corrected chi connectivity index (χ0v) is 16.6. The van der Waals surface area contributed by atoms with E-state index in [1.165, 1.54) is 27.4 Å². The van der Waals surface area contributed by atoms with Crippen LogP contribution in [0, 0.1) is 5.82 Å². The zero-order chi connectivity index (χ0) is 20.4. The maximum Gasteiger partial charge on any atom is 0.256 e. The SMILES string of the molecule is O=C(c1ccccc1F)N1CCCN(S(=O)(=O)c2ccc3ccccc3c2)CC1. The minimum atomic E-state index is -3.68. The molecule has 4 rings (SSSR count). The number of carbonyl (C=O) groups is 1. The molecule has 0 radical (unpaired) electrons. The van der Waals surface area contributed by atoms with E-state index in [2.05, 4.69) is 0 Å². The fraction of sp³-hybridized carbons (Fsp3) is 0.227. The largest absolute Gasteiger partial charge is 0.337 e. The van der Waals surface area contributed by atoms with Crippen molar-refractivity contribution in [2.24, 2.45) is 0 Å². The number of benzene rings is 3. The summed E-state index contributed by atoms with van der Waals surface area (Å²) in [6.45, 7) is 1.10. The maximum atomic E-state index is 14.0. The van der Waals surface area contributed by atoms with Gasteiger partial charge in [0, 0.05) is 26.2 Å². The molecule has 3 aromatic rings. The second-order valence-corrected chi connectivity index (χ2v) is 8.98. The van der Waals surface area contributed by atoms with E-state index in [9.17, 15) is 17.6 Å². The van der Waals surface area contributed by atoms with Gasteiger partial charge in [0.15, 0.2) is 0 Å². The van der Waals surface area contributed by atoms with Gasteiger partial charge in [-0.25, -0.2) is 12.8 Å². The van der Waals surface area contributed by atoms with Crippen LogP contribution >= 0.6 is 0 Å². The molecule has 0 unspecified atom stereocenters. The Kier molecular flexibility index (Phi) is 5.34. The summed E-state index contributed by atoms with van der Waals surface area (Å²) in [5.41, 5.74) is 0.0123. The summed E-state index contributed by atoms with van der Waals surface area (Å²) in [6, 6.07) is 18.5. The standard InChI is InChI=1S/C22H21FN2O3S/c23-21-9-4-3-8-20(21)22(26)24-12-5-13-25(15-14-24)29(27,28)19-11-10-17-6-1-2-7-18(17)16-19/h1-4,6-11,16H,5,12-15H2. The molecule has 1 fully saturated rings. The van der Waals surface area contributed by atoms with Gasteiger partial charge in [-0.1, -0.05) is 42.5 Å². The van der Waals surface area contributed by atoms with Gasteiger partial charge in [-0.3, -0.25) is 4.79 Å². The number of amides is 1. The van der Waals surface area contributed by atoms with Crippen LogP contribution in [-0.2, 0) is 10.0 Å². The lowest BCUT2D eigenvalue weighted by Crippen LogP contribution is -2.37. The fourth-order valence-corrected chi connectivity index (χ4v) is 5.12. The van der Waals surface area contributed by atoms with E-state index < -0.39 is 21.7 Å². The molecule has 0 spiro atoms. The zero-order valence-electron chi connectivity index (χ0n) is 15.8. The number of sulfonamides is 1. The first-order chi connectivity index (χ1) is 14.0. The third kappa shape index (κ3) is 3.88. The maximum absolute atomic E-state index is 14.0. The molecule has 1 aliphatic rings. The van der Waals surface area contributed by atoms with E-state index in [-0.39, 0.29) is 23.5 Å². The summed E-state index contributed by atoms with van der Waals surface area (Å²) in [5.74, 6) is -0.976. The van der Waals surface area contributed by atoms with Gasteiger partial charge >= 0.3 is 0 Å². The Morgan fingerprint density at radius 3 is 2.34 bits per heavy atom. The first-order valence-corrected chi connectivity index (χ1v) is 10.9. The van der Waals surface area contributed by atoms with Crippen molar-refractivity contribution in [1.82, 2.24) is 9.21 Å². The van der Waals surface area contributed by atoms with Crippen LogP contribution < -0.4 is 0 Å². The van der Waals surface area contributed by atoms with Gasteiger partial charge in [-0.05, 0) is 41.5 Å². The Morgan fingerprint density at radius 2 is 1.55 bits per heavy atom. The summed E-state index contributed by atoms with van der Waals surface area (Å²) in [4.78, 5) is 14.4. The van der Waals surface area contributed by atoms with Crippen LogP contribution in [0.2, 0.25) is 0 Å². The van der Waals surface area contributed by atoms with Gasteiger partial charge in [0.2, 0.25) is 10.0 Å². The number of rotatable bonds is 3. The summed E-state index contributed by atoms with van der Waals surface area (Å²) in [7, 11) is -3.68. The first kappa shape index (κ1) is 19.5. The van der Waals surface area contributed by atoms with Crippen molar-refractivity contribution in [3.05, 3.63) is 78.1 Å². The Hall–Kier alpha value is -2.77. The molecule has 29 heavy (non-hydrogen) atoms. The molecule has 0 saturated carbocycles. The molecule has 1 saturated heterocycles. The predicted octanol–water partition coefficient (Wildman–Crippen LogP) is 3.52. The molecule has 0 aromatic heterocycles. The lowest BCUT2D eigenvalue weighted by atomic mass is 10.1. The van der Waals surface area contributed by atoms with Crippen molar-refractivity contribution in [3.8, 4) is 0 Å². The van der Waals surface area contributed by atoms with E-state index in [0.717, 1.165) is 10.8 Å². The molecule has 150 valence electrons.